The number of hydrogen-bond donors (Lipinski definition) is 1. The second-order valence-electron chi connectivity index (χ2n) is 7.31. The normalized spacial score (nSPS) is 32.0. The third-order valence-corrected chi connectivity index (χ3v) is 5.84. The molecule has 0 bridgehead atoms. The molecule has 0 aromatic heterocycles. The molecule has 2 fully saturated rings. The van der Waals surface area contributed by atoms with Crippen LogP contribution in [0.5, 0.6) is 0 Å². The fraction of sp³-hybridized carbons (Fsp3) is 1.00. The fourth-order valence-corrected chi connectivity index (χ4v) is 4.16. The second kappa shape index (κ2) is 6.41. The van der Waals surface area contributed by atoms with E-state index in [1.165, 1.54) is 64.3 Å². The van der Waals surface area contributed by atoms with Crippen molar-refractivity contribution in [2.75, 3.05) is 6.54 Å². The molecule has 1 nitrogen and oxygen atoms in total. The molecule has 18 heavy (non-hydrogen) atoms. The van der Waals surface area contributed by atoms with E-state index in [0.29, 0.717) is 5.41 Å². The summed E-state index contributed by atoms with van der Waals surface area (Å²) in [5.41, 5.74) is 0.658. The van der Waals surface area contributed by atoms with Crippen molar-refractivity contribution in [3.8, 4) is 0 Å². The maximum absolute atomic E-state index is 3.94. The Morgan fingerprint density at radius 3 is 2.44 bits per heavy atom. The van der Waals surface area contributed by atoms with Crippen molar-refractivity contribution >= 4 is 0 Å². The van der Waals surface area contributed by atoms with Gasteiger partial charge in [-0.25, -0.2) is 0 Å². The third kappa shape index (κ3) is 3.50. The first kappa shape index (κ1) is 14.4. The molecule has 0 heterocycles. The van der Waals surface area contributed by atoms with E-state index < -0.39 is 0 Å². The zero-order chi connectivity index (χ0) is 13.0. The van der Waals surface area contributed by atoms with Crippen molar-refractivity contribution in [3.05, 3.63) is 0 Å². The summed E-state index contributed by atoms with van der Waals surface area (Å²) in [5.74, 6) is 1.85. The molecule has 2 atom stereocenters. The molecule has 1 N–H and O–H groups in total. The summed E-state index contributed by atoms with van der Waals surface area (Å²) in [6.45, 7) is 8.48. The first-order chi connectivity index (χ1) is 8.65. The van der Waals surface area contributed by atoms with Crippen LogP contribution in [0.15, 0.2) is 0 Å². The van der Waals surface area contributed by atoms with Crippen LogP contribution < -0.4 is 5.32 Å². The lowest BCUT2D eigenvalue weighted by molar-refractivity contribution is 0.198. The molecule has 0 aromatic carbocycles. The highest BCUT2D eigenvalue weighted by molar-refractivity contribution is 4.88. The van der Waals surface area contributed by atoms with Crippen molar-refractivity contribution < 1.29 is 0 Å². The van der Waals surface area contributed by atoms with E-state index >= 15 is 0 Å². The van der Waals surface area contributed by atoms with Gasteiger partial charge in [0.2, 0.25) is 0 Å². The van der Waals surface area contributed by atoms with Gasteiger partial charge < -0.3 is 5.32 Å². The number of rotatable bonds is 5. The predicted molar refractivity (Wildman–Crippen MR) is 79.8 cm³/mol. The lowest BCUT2D eigenvalue weighted by Crippen LogP contribution is -2.41. The van der Waals surface area contributed by atoms with Gasteiger partial charge in [0.1, 0.15) is 0 Å². The summed E-state index contributed by atoms with van der Waals surface area (Å²) in [6.07, 6.45) is 13.0. The summed E-state index contributed by atoms with van der Waals surface area (Å²) in [5, 5.41) is 3.94. The molecule has 0 saturated heterocycles. The average molecular weight is 251 g/mol. The molecule has 106 valence electrons. The van der Waals surface area contributed by atoms with Gasteiger partial charge >= 0.3 is 0 Å². The molecular weight excluding hydrogens is 218 g/mol. The minimum Gasteiger partial charge on any atom is -0.313 e. The average Bonchev–Trinajstić information content (AvgIpc) is 2.86. The Bertz CT molecular complexity index is 240. The van der Waals surface area contributed by atoms with Gasteiger partial charge in [-0.05, 0) is 49.4 Å². The van der Waals surface area contributed by atoms with Gasteiger partial charge in [0.15, 0.2) is 0 Å². The Kier molecular flexibility index (Phi) is 5.12. The van der Waals surface area contributed by atoms with E-state index in [0.717, 1.165) is 17.9 Å². The molecule has 2 aliphatic carbocycles. The molecule has 0 aliphatic heterocycles. The van der Waals surface area contributed by atoms with Crippen LogP contribution in [0, 0.1) is 17.3 Å². The Labute approximate surface area is 114 Å². The summed E-state index contributed by atoms with van der Waals surface area (Å²) in [7, 11) is 0. The second-order valence-corrected chi connectivity index (χ2v) is 7.31. The van der Waals surface area contributed by atoms with Crippen LogP contribution in [0.4, 0.5) is 0 Å². The first-order valence-electron chi connectivity index (χ1n) is 8.38. The molecular formula is C17H33N. The smallest absolute Gasteiger partial charge is 0.00700 e. The topological polar surface area (TPSA) is 12.0 Å². The van der Waals surface area contributed by atoms with E-state index in [4.69, 9.17) is 0 Å². The van der Waals surface area contributed by atoms with Crippen molar-refractivity contribution in [2.45, 2.75) is 84.6 Å². The molecule has 0 aromatic rings. The maximum atomic E-state index is 3.94. The van der Waals surface area contributed by atoms with Gasteiger partial charge in [-0.2, -0.15) is 0 Å². The molecule has 2 rings (SSSR count). The number of hydrogen-bond acceptors (Lipinski definition) is 1. The molecule has 2 unspecified atom stereocenters. The zero-order valence-electron chi connectivity index (χ0n) is 12.8. The predicted octanol–water partition coefficient (Wildman–Crippen LogP) is 4.76. The van der Waals surface area contributed by atoms with Gasteiger partial charge in [-0.3, -0.25) is 0 Å². The van der Waals surface area contributed by atoms with Crippen LogP contribution in [0.1, 0.15) is 78.6 Å². The van der Waals surface area contributed by atoms with Gasteiger partial charge in [0.05, 0.1) is 0 Å². The highest BCUT2D eigenvalue weighted by atomic mass is 14.9. The first-order valence-corrected chi connectivity index (χ1v) is 8.38. The molecule has 0 radical (unpaired) electrons. The highest BCUT2D eigenvalue weighted by Crippen LogP contribution is 2.40. The van der Waals surface area contributed by atoms with Crippen LogP contribution in [-0.4, -0.2) is 12.6 Å². The minimum atomic E-state index is 0.658. The minimum absolute atomic E-state index is 0.658. The van der Waals surface area contributed by atoms with E-state index in [9.17, 15) is 0 Å². The van der Waals surface area contributed by atoms with Crippen LogP contribution in [0.2, 0.25) is 0 Å². The summed E-state index contributed by atoms with van der Waals surface area (Å²) in [4.78, 5) is 0. The van der Waals surface area contributed by atoms with Crippen LogP contribution in [0.3, 0.4) is 0 Å². The van der Waals surface area contributed by atoms with Crippen molar-refractivity contribution in [3.63, 3.8) is 0 Å². The standard InChI is InChI=1S/C17H33N/c1-4-17(10-5-6-11-17)13-18-16-9-7-8-15(12-16)14(2)3/h14-16,18H,4-13H2,1-3H3. The molecule has 2 aliphatic rings. The zero-order valence-corrected chi connectivity index (χ0v) is 12.8. The lowest BCUT2D eigenvalue weighted by atomic mass is 9.78. The summed E-state index contributed by atoms with van der Waals surface area (Å²) < 4.78 is 0. The number of nitrogens with one attached hydrogen (secondary N) is 1. The largest absolute Gasteiger partial charge is 0.313 e. The van der Waals surface area contributed by atoms with Crippen LogP contribution in [0.25, 0.3) is 0 Å². The van der Waals surface area contributed by atoms with Gasteiger partial charge in [0, 0.05) is 12.6 Å². The van der Waals surface area contributed by atoms with E-state index in [1.807, 2.05) is 0 Å². The molecule has 1 heteroatoms. The Hall–Kier alpha value is -0.0400. The monoisotopic (exact) mass is 251 g/mol. The van der Waals surface area contributed by atoms with Gasteiger partial charge in [-0.1, -0.05) is 46.5 Å². The Morgan fingerprint density at radius 1 is 1.11 bits per heavy atom. The van der Waals surface area contributed by atoms with Crippen LogP contribution in [-0.2, 0) is 0 Å². The van der Waals surface area contributed by atoms with E-state index in [2.05, 4.69) is 26.1 Å². The van der Waals surface area contributed by atoms with E-state index in [-0.39, 0.29) is 0 Å². The highest BCUT2D eigenvalue weighted by Gasteiger charge is 2.33. The van der Waals surface area contributed by atoms with Gasteiger partial charge in [0.25, 0.3) is 0 Å². The molecule has 0 spiro atoms. The Balaban J connectivity index is 1.78. The third-order valence-electron chi connectivity index (χ3n) is 5.84. The summed E-state index contributed by atoms with van der Waals surface area (Å²) >= 11 is 0. The molecule has 0 amide bonds. The fourth-order valence-electron chi connectivity index (χ4n) is 4.16. The summed E-state index contributed by atoms with van der Waals surface area (Å²) in [6, 6.07) is 0.815. The van der Waals surface area contributed by atoms with Crippen molar-refractivity contribution in [2.24, 2.45) is 17.3 Å². The molecule has 2 saturated carbocycles. The van der Waals surface area contributed by atoms with Gasteiger partial charge in [-0.15, -0.1) is 0 Å². The van der Waals surface area contributed by atoms with Crippen molar-refractivity contribution in [1.82, 2.24) is 5.32 Å². The SMILES string of the molecule is CCC1(CNC2CCCC(C(C)C)C2)CCCC1. The van der Waals surface area contributed by atoms with Crippen molar-refractivity contribution in [1.29, 1.82) is 0 Å². The quantitative estimate of drug-likeness (QED) is 0.743. The Morgan fingerprint density at radius 2 is 1.83 bits per heavy atom. The lowest BCUT2D eigenvalue weighted by Gasteiger charge is -2.35. The van der Waals surface area contributed by atoms with E-state index in [1.54, 1.807) is 0 Å². The maximum Gasteiger partial charge on any atom is 0.00700 e. The van der Waals surface area contributed by atoms with Crippen LogP contribution >= 0.6 is 0 Å².